The molecule has 1 aromatic carbocycles. The van der Waals surface area contributed by atoms with Crippen LogP contribution in [-0.2, 0) is 6.18 Å². The lowest BCUT2D eigenvalue weighted by Gasteiger charge is -2.11. The summed E-state index contributed by atoms with van der Waals surface area (Å²) in [5.41, 5.74) is -0.745. The molecule has 0 bridgehead atoms. The molecule has 0 fully saturated rings. The molecule has 2 N–H and O–H groups in total. The molecule has 1 aromatic heterocycles. The van der Waals surface area contributed by atoms with Crippen LogP contribution in [0.5, 0.6) is 0 Å². The summed E-state index contributed by atoms with van der Waals surface area (Å²) in [4.78, 5) is 11.7. The molecule has 0 aliphatic heterocycles. The molecule has 5 nitrogen and oxygen atoms in total. The molecule has 0 saturated heterocycles. The highest BCUT2D eigenvalue weighted by atomic mass is 35.5. The minimum Gasteiger partial charge on any atom is -0.347 e. The first-order valence-electron chi connectivity index (χ1n) is 6.68. The van der Waals surface area contributed by atoms with Crippen molar-refractivity contribution in [2.45, 2.75) is 6.18 Å². The van der Waals surface area contributed by atoms with E-state index in [0.717, 1.165) is 18.2 Å². The molecule has 126 valence electrons. The van der Waals surface area contributed by atoms with E-state index in [1.54, 1.807) is 0 Å². The Morgan fingerprint density at radius 3 is 2.58 bits per heavy atom. The molecule has 0 atom stereocenters. The summed E-state index contributed by atoms with van der Waals surface area (Å²) in [5, 5.41) is 12.7. The van der Waals surface area contributed by atoms with Gasteiger partial charge in [-0.15, -0.1) is 16.8 Å². The maximum Gasteiger partial charge on any atom is 0.416 e. The highest BCUT2D eigenvalue weighted by Crippen LogP contribution is 2.34. The third-order valence-electron chi connectivity index (χ3n) is 2.86. The molecule has 2 aromatic rings. The average molecular weight is 357 g/mol. The summed E-state index contributed by atoms with van der Waals surface area (Å²) in [6, 6.07) is 5.68. The first-order valence-corrected chi connectivity index (χ1v) is 7.05. The summed E-state index contributed by atoms with van der Waals surface area (Å²) in [6.07, 6.45) is -2.98. The van der Waals surface area contributed by atoms with E-state index in [1.165, 1.54) is 18.2 Å². The molecule has 0 aliphatic carbocycles. The van der Waals surface area contributed by atoms with Crippen LogP contribution >= 0.6 is 11.6 Å². The second-order valence-electron chi connectivity index (χ2n) is 4.62. The number of halogens is 4. The van der Waals surface area contributed by atoms with Crippen molar-refractivity contribution in [3.63, 3.8) is 0 Å². The van der Waals surface area contributed by atoms with E-state index in [2.05, 4.69) is 27.4 Å². The van der Waals surface area contributed by atoms with Crippen LogP contribution in [0.15, 0.2) is 43.0 Å². The predicted molar refractivity (Wildman–Crippen MR) is 84.3 cm³/mol. The Bertz CT molecular complexity index is 747. The van der Waals surface area contributed by atoms with E-state index in [0.29, 0.717) is 0 Å². The van der Waals surface area contributed by atoms with Gasteiger partial charge in [-0.3, -0.25) is 4.79 Å². The van der Waals surface area contributed by atoms with Gasteiger partial charge < -0.3 is 10.6 Å². The van der Waals surface area contributed by atoms with E-state index < -0.39 is 17.6 Å². The Balaban J connectivity index is 2.17. The van der Waals surface area contributed by atoms with Gasteiger partial charge in [0.1, 0.15) is 0 Å². The minimum absolute atomic E-state index is 0.0321. The van der Waals surface area contributed by atoms with Gasteiger partial charge in [-0.05, 0) is 30.3 Å². The maximum absolute atomic E-state index is 12.7. The standard InChI is InChI=1S/C15H12ClF3N4O/c1-2-7-20-14(24)11-5-6-13(23-22-11)21-12-8-9(15(17,18)19)3-4-10(12)16/h2-6,8H,1,7H2,(H,20,24)(H,21,23). The highest BCUT2D eigenvalue weighted by molar-refractivity contribution is 6.33. The molecular weight excluding hydrogens is 345 g/mol. The minimum atomic E-state index is -4.49. The number of hydrogen-bond acceptors (Lipinski definition) is 4. The molecule has 0 spiro atoms. The number of alkyl halides is 3. The fraction of sp³-hybridized carbons (Fsp3) is 0.133. The number of carbonyl (C=O) groups excluding carboxylic acids is 1. The Hall–Kier alpha value is -2.61. The Labute approximate surface area is 140 Å². The summed E-state index contributed by atoms with van der Waals surface area (Å²) in [5.74, 6) is -0.289. The van der Waals surface area contributed by atoms with Crippen LogP contribution in [0.4, 0.5) is 24.7 Å². The van der Waals surface area contributed by atoms with Crippen molar-refractivity contribution >= 4 is 29.0 Å². The molecule has 0 radical (unpaired) electrons. The van der Waals surface area contributed by atoms with Gasteiger partial charge in [0.05, 0.1) is 16.3 Å². The summed E-state index contributed by atoms with van der Waals surface area (Å²) in [6.45, 7) is 3.74. The molecule has 9 heteroatoms. The summed E-state index contributed by atoms with van der Waals surface area (Å²) >= 11 is 5.88. The van der Waals surface area contributed by atoms with Crippen LogP contribution in [0.1, 0.15) is 16.1 Å². The lowest BCUT2D eigenvalue weighted by atomic mass is 10.2. The third kappa shape index (κ3) is 4.45. The van der Waals surface area contributed by atoms with Gasteiger partial charge in [-0.2, -0.15) is 13.2 Å². The Morgan fingerprint density at radius 1 is 1.25 bits per heavy atom. The fourth-order valence-corrected chi connectivity index (χ4v) is 1.88. The SMILES string of the molecule is C=CCNC(=O)c1ccc(Nc2cc(C(F)(F)F)ccc2Cl)nn1. The molecule has 24 heavy (non-hydrogen) atoms. The van der Waals surface area contributed by atoms with Gasteiger partial charge in [0, 0.05) is 6.54 Å². The number of nitrogens with zero attached hydrogens (tertiary/aromatic N) is 2. The van der Waals surface area contributed by atoms with Gasteiger partial charge >= 0.3 is 6.18 Å². The van der Waals surface area contributed by atoms with Gasteiger partial charge in [-0.1, -0.05) is 17.7 Å². The molecular formula is C15H12ClF3N4O. The number of hydrogen-bond donors (Lipinski definition) is 2. The molecule has 1 amide bonds. The molecule has 0 saturated carbocycles. The second-order valence-corrected chi connectivity index (χ2v) is 5.03. The quantitative estimate of drug-likeness (QED) is 0.799. The zero-order valence-electron chi connectivity index (χ0n) is 12.2. The lowest BCUT2D eigenvalue weighted by Crippen LogP contribution is -2.24. The molecule has 1 heterocycles. The number of carbonyl (C=O) groups is 1. The molecule has 2 rings (SSSR count). The van der Waals surface area contributed by atoms with Crippen molar-refractivity contribution in [2.24, 2.45) is 0 Å². The number of amides is 1. The Kier molecular flexibility index (Phi) is 5.40. The van der Waals surface area contributed by atoms with Gasteiger partial charge in [0.15, 0.2) is 11.5 Å². The zero-order valence-corrected chi connectivity index (χ0v) is 12.9. The number of rotatable bonds is 5. The molecule has 0 aliphatic rings. The number of aromatic nitrogens is 2. The van der Waals surface area contributed by atoms with Crippen LogP contribution in [0.2, 0.25) is 5.02 Å². The van der Waals surface area contributed by atoms with Crippen molar-refractivity contribution in [3.05, 3.63) is 59.3 Å². The average Bonchev–Trinajstić information content (AvgIpc) is 2.54. The van der Waals surface area contributed by atoms with Crippen LogP contribution in [0.3, 0.4) is 0 Å². The topological polar surface area (TPSA) is 66.9 Å². The van der Waals surface area contributed by atoms with Crippen molar-refractivity contribution < 1.29 is 18.0 Å². The van der Waals surface area contributed by atoms with Crippen LogP contribution in [0, 0.1) is 0 Å². The van der Waals surface area contributed by atoms with Gasteiger partial charge in [0.25, 0.3) is 5.91 Å². The second kappa shape index (κ2) is 7.31. The van der Waals surface area contributed by atoms with Crippen LogP contribution in [0.25, 0.3) is 0 Å². The fourth-order valence-electron chi connectivity index (χ4n) is 1.71. The summed E-state index contributed by atoms with van der Waals surface area (Å²) < 4.78 is 38.2. The number of anilines is 2. The van der Waals surface area contributed by atoms with Crippen LogP contribution in [-0.4, -0.2) is 22.6 Å². The number of benzene rings is 1. The Morgan fingerprint density at radius 2 is 2.00 bits per heavy atom. The molecule has 0 unspecified atom stereocenters. The first-order chi connectivity index (χ1) is 11.3. The van der Waals surface area contributed by atoms with Crippen molar-refractivity contribution in [3.8, 4) is 0 Å². The first kappa shape index (κ1) is 17.7. The van der Waals surface area contributed by atoms with E-state index >= 15 is 0 Å². The lowest BCUT2D eigenvalue weighted by molar-refractivity contribution is -0.137. The van der Waals surface area contributed by atoms with Gasteiger partial charge in [0.2, 0.25) is 0 Å². The van der Waals surface area contributed by atoms with E-state index in [1.807, 2.05) is 0 Å². The van der Waals surface area contributed by atoms with E-state index in [9.17, 15) is 18.0 Å². The highest BCUT2D eigenvalue weighted by Gasteiger charge is 2.31. The smallest absolute Gasteiger partial charge is 0.347 e. The third-order valence-corrected chi connectivity index (χ3v) is 3.19. The van der Waals surface area contributed by atoms with Gasteiger partial charge in [-0.25, -0.2) is 0 Å². The zero-order chi connectivity index (χ0) is 17.7. The number of nitrogens with one attached hydrogen (secondary N) is 2. The summed E-state index contributed by atoms with van der Waals surface area (Å²) in [7, 11) is 0. The predicted octanol–water partition coefficient (Wildman–Crippen LogP) is 3.81. The maximum atomic E-state index is 12.7. The monoisotopic (exact) mass is 356 g/mol. The van der Waals surface area contributed by atoms with Crippen molar-refractivity contribution in [2.75, 3.05) is 11.9 Å². The van der Waals surface area contributed by atoms with Crippen molar-refractivity contribution in [1.82, 2.24) is 15.5 Å². The van der Waals surface area contributed by atoms with Crippen molar-refractivity contribution in [1.29, 1.82) is 0 Å². The van der Waals surface area contributed by atoms with E-state index in [4.69, 9.17) is 11.6 Å². The van der Waals surface area contributed by atoms with E-state index in [-0.39, 0.29) is 28.8 Å². The normalized spacial score (nSPS) is 11.0. The van der Waals surface area contributed by atoms with Crippen LogP contribution < -0.4 is 10.6 Å². The largest absolute Gasteiger partial charge is 0.416 e.